The van der Waals surface area contributed by atoms with Gasteiger partial charge in [-0.1, -0.05) is 35.5 Å². The Hall–Kier alpha value is -2.64. The molecule has 1 aliphatic heterocycles. The molecule has 0 radical (unpaired) electrons. The molecule has 6 nitrogen and oxygen atoms in total. The topological polar surface area (TPSA) is 71.4 Å². The highest BCUT2D eigenvalue weighted by atomic mass is 35.5. The fourth-order valence-corrected chi connectivity index (χ4v) is 3.33. The minimum atomic E-state index is -0.749. The third-order valence-corrected chi connectivity index (χ3v) is 4.81. The molecule has 0 bridgehead atoms. The fraction of sp³-hybridized carbons (Fsp3) is 0.333. The van der Waals surface area contributed by atoms with Crippen LogP contribution in [0.1, 0.15) is 12.0 Å². The Morgan fingerprint density at radius 3 is 2.83 bits per heavy atom. The van der Waals surface area contributed by atoms with Gasteiger partial charge in [-0.3, -0.25) is 9.69 Å². The first-order chi connectivity index (χ1) is 13.6. The van der Waals surface area contributed by atoms with Crippen molar-refractivity contribution in [3.05, 3.63) is 53.8 Å². The lowest BCUT2D eigenvalue weighted by Gasteiger charge is -2.14. The van der Waals surface area contributed by atoms with Gasteiger partial charge in [0.05, 0.1) is 24.8 Å². The van der Waals surface area contributed by atoms with E-state index in [4.69, 9.17) is 14.7 Å². The molecule has 0 spiro atoms. The molecular formula is C21H24ClFN2O4. The van der Waals surface area contributed by atoms with Crippen molar-refractivity contribution in [1.82, 2.24) is 4.90 Å². The summed E-state index contributed by atoms with van der Waals surface area (Å²) in [5, 5.41) is 13.0. The number of hydrogen-bond acceptors (Lipinski definition) is 5. The molecule has 2 aromatic carbocycles. The Morgan fingerprint density at radius 1 is 1.31 bits per heavy atom. The van der Waals surface area contributed by atoms with E-state index in [2.05, 4.69) is 5.16 Å². The van der Waals surface area contributed by atoms with Gasteiger partial charge >= 0.3 is 5.97 Å². The highest BCUT2D eigenvalue weighted by Crippen LogP contribution is 2.34. The number of likely N-dealkylation sites (tertiary alicyclic amines) is 1. The number of halogens is 2. The standard InChI is InChI=1S/C21H23FN2O4.ClH/c1-27-19-8-4-7-18(22)20(19)17-6-3-2-5-15(17)13-23-28-12-11-24-10-9-16(14-24)21(25)26;/h2-8,13,16H,9-12,14H2,1H3,(H,25,26);1H/b23-13+;. The minimum Gasteiger partial charge on any atom is -0.496 e. The van der Waals surface area contributed by atoms with Crippen molar-refractivity contribution in [2.75, 3.05) is 33.4 Å². The summed E-state index contributed by atoms with van der Waals surface area (Å²) in [4.78, 5) is 18.4. The van der Waals surface area contributed by atoms with Crippen LogP contribution in [0.2, 0.25) is 0 Å². The third-order valence-electron chi connectivity index (χ3n) is 4.81. The fourth-order valence-electron chi connectivity index (χ4n) is 3.33. The van der Waals surface area contributed by atoms with Gasteiger partial charge < -0.3 is 14.7 Å². The van der Waals surface area contributed by atoms with Crippen LogP contribution in [-0.2, 0) is 9.63 Å². The first-order valence-electron chi connectivity index (χ1n) is 9.12. The van der Waals surface area contributed by atoms with Gasteiger partial charge in [-0.15, -0.1) is 12.4 Å². The molecule has 1 N–H and O–H groups in total. The van der Waals surface area contributed by atoms with Crippen LogP contribution in [-0.4, -0.2) is 55.5 Å². The maximum Gasteiger partial charge on any atom is 0.307 e. The van der Waals surface area contributed by atoms with Crippen LogP contribution in [0, 0.1) is 11.7 Å². The van der Waals surface area contributed by atoms with Gasteiger partial charge in [-0.05, 0) is 30.7 Å². The van der Waals surface area contributed by atoms with E-state index >= 15 is 0 Å². The average Bonchev–Trinajstić information content (AvgIpc) is 3.17. The van der Waals surface area contributed by atoms with Crippen molar-refractivity contribution in [1.29, 1.82) is 0 Å². The Bertz CT molecular complexity index is 862. The number of aliphatic carboxylic acids is 1. The lowest BCUT2D eigenvalue weighted by molar-refractivity contribution is -0.141. The highest BCUT2D eigenvalue weighted by molar-refractivity contribution is 5.91. The van der Waals surface area contributed by atoms with E-state index in [-0.39, 0.29) is 24.1 Å². The molecule has 1 aliphatic rings. The van der Waals surface area contributed by atoms with Gasteiger partial charge in [0.1, 0.15) is 18.2 Å². The number of hydrogen-bond donors (Lipinski definition) is 1. The monoisotopic (exact) mass is 422 g/mol. The zero-order chi connectivity index (χ0) is 19.9. The molecule has 1 fully saturated rings. The molecule has 1 saturated heterocycles. The summed E-state index contributed by atoms with van der Waals surface area (Å²) in [5.41, 5.74) is 1.75. The summed E-state index contributed by atoms with van der Waals surface area (Å²) in [6.45, 7) is 2.26. The van der Waals surface area contributed by atoms with E-state index in [1.807, 2.05) is 23.1 Å². The number of methoxy groups -OCH3 is 1. The van der Waals surface area contributed by atoms with Crippen molar-refractivity contribution < 1.29 is 23.9 Å². The number of ether oxygens (including phenoxy) is 1. The molecule has 1 heterocycles. The predicted molar refractivity (Wildman–Crippen MR) is 111 cm³/mol. The summed E-state index contributed by atoms with van der Waals surface area (Å²) in [6.07, 6.45) is 2.21. The molecule has 0 saturated carbocycles. The van der Waals surface area contributed by atoms with Crippen molar-refractivity contribution in [2.45, 2.75) is 6.42 Å². The molecule has 1 atom stereocenters. The van der Waals surface area contributed by atoms with Gasteiger partial charge in [-0.2, -0.15) is 0 Å². The molecule has 3 rings (SSSR count). The Morgan fingerprint density at radius 2 is 2.10 bits per heavy atom. The van der Waals surface area contributed by atoms with Gasteiger partial charge in [0, 0.05) is 18.7 Å². The van der Waals surface area contributed by atoms with Crippen LogP contribution in [0.15, 0.2) is 47.6 Å². The summed E-state index contributed by atoms with van der Waals surface area (Å²) in [5.74, 6) is -0.973. The zero-order valence-corrected chi connectivity index (χ0v) is 16.9. The number of rotatable bonds is 8. The number of carbonyl (C=O) groups is 1. The Kier molecular flexibility index (Phi) is 8.42. The second kappa shape index (κ2) is 10.8. The molecule has 8 heteroatoms. The number of oxime groups is 1. The molecule has 1 unspecified atom stereocenters. The minimum absolute atomic E-state index is 0. The van der Waals surface area contributed by atoms with E-state index < -0.39 is 5.97 Å². The van der Waals surface area contributed by atoms with Crippen LogP contribution in [0.4, 0.5) is 4.39 Å². The smallest absolute Gasteiger partial charge is 0.307 e. The maximum atomic E-state index is 14.4. The number of benzene rings is 2. The lowest BCUT2D eigenvalue weighted by atomic mass is 9.99. The first kappa shape index (κ1) is 22.6. The van der Waals surface area contributed by atoms with E-state index in [9.17, 15) is 9.18 Å². The molecule has 0 aromatic heterocycles. The van der Waals surface area contributed by atoms with Crippen LogP contribution >= 0.6 is 12.4 Å². The Labute approximate surface area is 175 Å². The van der Waals surface area contributed by atoms with Gasteiger partial charge in [0.15, 0.2) is 0 Å². The summed E-state index contributed by atoms with van der Waals surface area (Å²) in [6, 6.07) is 12.0. The van der Waals surface area contributed by atoms with E-state index in [1.54, 1.807) is 24.4 Å². The van der Waals surface area contributed by atoms with Crippen molar-refractivity contribution in [2.24, 2.45) is 11.1 Å². The van der Waals surface area contributed by atoms with E-state index in [0.29, 0.717) is 48.6 Å². The van der Waals surface area contributed by atoms with Crippen LogP contribution in [0.3, 0.4) is 0 Å². The van der Waals surface area contributed by atoms with Crippen molar-refractivity contribution in [3.8, 4) is 16.9 Å². The van der Waals surface area contributed by atoms with Crippen LogP contribution in [0.25, 0.3) is 11.1 Å². The second-order valence-electron chi connectivity index (χ2n) is 6.60. The molecule has 156 valence electrons. The SMILES string of the molecule is COc1cccc(F)c1-c1ccccc1/C=N/OCCN1CCC(C(=O)O)C1.Cl. The lowest BCUT2D eigenvalue weighted by Crippen LogP contribution is -2.26. The molecule has 0 amide bonds. The summed E-state index contributed by atoms with van der Waals surface area (Å²) < 4.78 is 19.7. The molecule has 2 aromatic rings. The number of carboxylic acids is 1. The third kappa shape index (κ3) is 5.68. The average molecular weight is 423 g/mol. The van der Waals surface area contributed by atoms with Gasteiger partial charge in [-0.25, -0.2) is 4.39 Å². The summed E-state index contributed by atoms with van der Waals surface area (Å²) >= 11 is 0. The van der Waals surface area contributed by atoms with Crippen LogP contribution in [0.5, 0.6) is 5.75 Å². The van der Waals surface area contributed by atoms with Gasteiger partial charge in [0.2, 0.25) is 0 Å². The first-order valence-corrected chi connectivity index (χ1v) is 9.12. The van der Waals surface area contributed by atoms with E-state index in [1.165, 1.54) is 13.2 Å². The van der Waals surface area contributed by atoms with Crippen LogP contribution < -0.4 is 4.74 Å². The maximum absolute atomic E-state index is 14.4. The highest BCUT2D eigenvalue weighted by Gasteiger charge is 2.27. The molecule has 29 heavy (non-hydrogen) atoms. The Balaban J connectivity index is 0.00000300. The molecular weight excluding hydrogens is 399 g/mol. The summed E-state index contributed by atoms with van der Waals surface area (Å²) in [7, 11) is 1.51. The number of nitrogens with zero attached hydrogens (tertiary/aromatic N) is 2. The molecule has 0 aliphatic carbocycles. The second-order valence-corrected chi connectivity index (χ2v) is 6.60. The number of carboxylic acid groups (broad SMARTS) is 1. The van der Waals surface area contributed by atoms with Crippen molar-refractivity contribution in [3.63, 3.8) is 0 Å². The van der Waals surface area contributed by atoms with Crippen molar-refractivity contribution >= 4 is 24.6 Å². The van der Waals surface area contributed by atoms with E-state index in [0.717, 1.165) is 6.54 Å². The van der Waals surface area contributed by atoms with Gasteiger partial charge in [0.25, 0.3) is 0 Å². The largest absolute Gasteiger partial charge is 0.496 e. The zero-order valence-electron chi connectivity index (χ0n) is 16.1. The quantitative estimate of drug-likeness (QED) is 0.399. The predicted octanol–water partition coefficient (Wildman–Crippen LogP) is 3.68. The normalized spacial score (nSPS) is 16.6.